The molecule has 0 aromatic heterocycles. The molecule has 2 unspecified atom stereocenters. The van der Waals surface area contributed by atoms with E-state index in [1.165, 1.54) is 4.90 Å². The quantitative estimate of drug-likeness (QED) is 0.856. The van der Waals surface area contributed by atoms with E-state index >= 15 is 0 Å². The van der Waals surface area contributed by atoms with Gasteiger partial charge in [0.2, 0.25) is 5.91 Å². The first kappa shape index (κ1) is 17.0. The van der Waals surface area contributed by atoms with Gasteiger partial charge >= 0.3 is 6.09 Å². The molecular weight excluding hydrogens is 292 g/mol. The lowest BCUT2D eigenvalue weighted by molar-refractivity contribution is -0.136. The van der Waals surface area contributed by atoms with Gasteiger partial charge in [0.25, 0.3) is 0 Å². The molecule has 1 aromatic rings. The fourth-order valence-corrected chi connectivity index (χ4v) is 2.79. The third-order valence-electron chi connectivity index (χ3n) is 4.15. The minimum Gasteiger partial charge on any atom is -0.447 e. The molecule has 0 aliphatic carbocycles. The number of cyclic esters (lactones) is 1. The first-order valence-electron chi connectivity index (χ1n) is 7.75. The summed E-state index contributed by atoms with van der Waals surface area (Å²) in [5.41, 5.74) is 0.647. The molecule has 1 fully saturated rings. The van der Waals surface area contributed by atoms with E-state index in [2.05, 4.69) is 6.07 Å². The zero-order valence-corrected chi connectivity index (χ0v) is 13.8. The van der Waals surface area contributed by atoms with Crippen molar-refractivity contribution >= 4 is 12.0 Å². The molecular formula is C18H22N2O3. The zero-order chi connectivity index (χ0) is 17.0. The van der Waals surface area contributed by atoms with Gasteiger partial charge < -0.3 is 4.74 Å². The number of carbonyl (C=O) groups excluding carboxylic acids is 2. The van der Waals surface area contributed by atoms with Crippen molar-refractivity contribution in [1.82, 2.24) is 4.90 Å². The third kappa shape index (κ3) is 3.89. The van der Waals surface area contributed by atoms with Crippen LogP contribution in [-0.4, -0.2) is 29.5 Å². The summed E-state index contributed by atoms with van der Waals surface area (Å²) in [7, 11) is 0. The Morgan fingerprint density at radius 3 is 2.61 bits per heavy atom. The normalized spacial score (nSPS) is 19.1. The van der Waals surface area contributed by atoms with Crippen molar-refractivity contribution < 1.29 is 14.3 Å². The van der Waals surface area contributed by atoms with Gasteiger partial charge in [0.1, 0.15) is 6.61 Å². The maximum absolute atomic E-state index is 12.9. The van der Waals surface area contributed by atoms with Crippen LogP contribution in [0.2, 0.25) is 0 Å². The van der Waals surface area contributed by atoms with Crippen molar-refractivity contribution in [1.29, 1.82) is 5.26 Å². The van der Waals surface area contributed by atoms with Crippen LogP contribution < -0.4 is 0 Å². The van der Waals surface area contributed by atoms with Crippen LogP contribution in [0.25, 0.3) is 0 Å². The van der Waals surface area contributed by atoms with Gasteiger partial charge in [-0.2, -0.15) is 5.26 Å². The maximum Gasteiger partial charge on any atom is 0.416 e. The minimum atomic E-state index is -0.608. The van der Waals surface area contributed by atoms with Crippen LogP contribution in [0, 0.1) is 22.7 Å². The highest BCUT2D eigenvalue weighted by atomic mass is 16.6. The summed E-state index contributed by atoms with van der Waals surface area (Å²) in [4.78, 5) is 26.1. The summed E-state index contributed by atoms with van der Waals surface area (Å²) < 4.78 is 5.10. The lowest BCUT2D eigenvalue weighted by Crippen LogP contribution is -2.46. The fraction of sp³-hybridized carbons (Fsp3) is 0.500. The average Bonchev–Trinajstić information content (AvgIpc) is 2.85. The molecule has 0 saturated carbocycles. The molecule has 2 atom stereocenters. The number of benzene rings is 1. The topological polar surface area (TPSA) is 70.4 Å². The smallest absolute Gasteiger partial charge is 0.416 e. The van der Waals surface area contributed by atoms with E-state index in [0.29, 0.717) is 6.42 Å². The summed E-state index contributed by atoms with van der Waals surface area (Å²) in [6, 6.07) is 11.4. The average molecular weight is 314 g/mol. The number of amides is 2. The van der Waals surface area contributed by atoms with Gasteiger partial charge in [0.05, 0.1) is 18.0 Å². The van der Waals surface area contributed by atoms with Crippen molar-refractivity contribution in [2.45, 2.75) is 39.7 Å². The number of imide groups is 1. The summed E-state index contributed by atoms with van der Waals surface area (Å²) in [6.45, 7) is 5.91. The molecule has 0 radical (unpaired) electrons. The summed E-state index contributed by atoms with van der Waals surface area (Å²) in [6.07, 6.45) is 0.0365. The molecule has 0 N–H and O–H groups in total. The number of nitrogens with zero attached hydrogens (tertiary/aromatic N) is 2. The molecule has 0 spiro atoms. The highest BCUT2D eigenvalue weighted by molar-refractivity contribution is 5.95. The Morgan fingerprint density at radius 1 is 1.39 bits per heavy atom. The molecule has 2 amide bonds. The number of ether oxygens (including phenoxy) is 1. The molecule has 122 valence electrons. The lowest BCUT2D eigenvalue weighted by Gasteiger charge is -2.31. The molecule has 2 rings (SSSR count). The van der Waals surface area contributed by atoms with E-state index in [4.69, 9.17) is 10.00 Å². The van der Waals surface area contributed by atoms with Crippen LogP contribution in [0.5, 0.6) is 0 Å². The largest absolute Gasteiger partial charge is 0.447 e. The monoisotopic (exact) mass is 314 g/mol. The Balaban J connectivity index is 2.21. The van der Waals surface area contributed by atoms with Crippen molar-refractivity contribution in [3.8, 4) is 6.07 Å². The molecule has 1 saturated heterocycles. The Bertz CT molecular complexity index is 613. The van der Waals surface area contributed by atoms with Gasteiger partial charge in [0.15, 0.2) is 0 Å². The molecule has 5 heteroatoms. The Morgan fingerprint density at radius 2 is 2.04 bits per heavy atom. The van der Waals surface area contributed by atoms with Crippen LogP contribution in [0.1, 0.15) is 32.8 Å². The van der Waals surface area contributed by atoms with E-state index in [1.807, 2.05) is 51.1 Å². The number of hydrogen-bond acceptors (Lipinski definition) is 4. The Labute approximate surface area is 136 Å². The van der Waals surface area contributed by atoms with Crippen LogP contribution in [-0.2, 0) is 16.0 Å². The van der Waals surface area contributed by atoms with Gasteiger partial charge in [-0.15, -0.1) is 0 Å². The summed E-state index contributed by atoms with van der Waals surface area (Å²) >= 11 is 0. The van der Waals surface area contributed by atoms with Crippen LogP contribution in [0.15, 0.2) is 30.3 Å². The summed E-state index contributed by atoms with van der Waals surface area (Å²) in [5, 5.41) is 9.02. The first-order chi connectivity index (χ1) is 10.8. The molecule has 0 bridgehead atoms. The second-order valence-corrected chi connectivity index (χ2v) is 6.91. The van der Waals surface area contributed by atoms with Crippen molar-refractivity contribution in [2.24, 2.45) is 11.3 Å². The van der Waals surface area contributed by atoms with Crippen LogP contribution >= 0.6 is 0 Å². The van der Waals surface area contributed by atoms with Gasteiger partial charge in [-0.3, -0.25) is 4.79 Å². The van der Waals surface area contributed by atoms with E-state index in [9.17, 15) is 9.59 Å². The van der Waals surface area contributed by atoms with Crippen LogP contribution in [0.4, 0.5) is 4.79 Å². The Hall–Kier alpha value is -2.35. The fourth-order valence-electron chi connectivity index (χ4n) is 2.79. The van der Waals surface area contributed by atoms with E-state index < -0.39 is 17.4 Å². The summed E-state index contributed by atoms with van der Waals surface area (Å²) in [5.74, 6) is -0.848. The lowest BCUT2D eigenvalue weighted by atomic mass is 9.78. The van der Waals surface area contributed by atoms with Gasteiger partial charge in [-0.1, -0.05) is 51.1 Å². The second-order valence-electron chi connectivity index (χ2n) is 6.91. The van der Waals surface area contributed by atoms with Crippen LogP contribution in [0.3, 0.4) is 0 Å². The van der Waals surface area contributed by atoms with Crippen molar-refractivity contribution in [2.75, 3.05) is 6.61 Å². The van der Waals surface area contributed by atoms with Gasteiger partial charge in [0, 0.05) is 6.42 Å². The van der Waals surface area contributed by atoms with E-state index in [1.54, 1.807) is 0 Å². The zero-order valence-electron chi connectivity index (χ0n) is 13.8. The van der Waals surface area contributed by atoms with E-state index in [-0.39, 0.29) is 25.0 Å². The van der Waals surface area contributed by atoms with Gasteiger partial charge in [-0.25, -0.2) is 9.69 Å². The van der Waals surface area contributed by atoms with Crippen molar-refractivity contribution in [3.05, 3.63) is 35.9 Å². The molecule has 1 aliphatic rings. The molecule has 1 aromatic carbocycles. The molecule has 1 aliphatic heterocycles. The number of rotatable bonds is 4. The number of nitriles is 1. The highest BCUT2D eigenvalue weighted by Gasteiger charge is 2.43. The molecule has 1 heterocycles. The van der Waals surface area contributed by atoms with Gasteiger partial charge in [-0.05, 0) is 17.4 Å². The SMILES string of the molecule is CC(C)(C)C(CC#N)C(=O)N1C(=O)OCC1Cc1ccccc1. The standard InChI is InChI=1S/C18H22N2O3/c1-18(2,3)15(9-10-19)16(21)20-14(12-23-17(20)22)11-13-7-5-4-6-8-13/h4-8,14-15H,9,11-12H2,1-3H3. The molecule has 5 nitrogen and oxygen atoms in total. The maximum atomic E-state index is 12.9. The van der Waals surface area contributed by atoms with E-state index in [0.717, 1.165) is 5.56 Å². The predicted octanol–water partition coefficient (Wildman–Crippen LogP) is 3.15. The molecule has 23 heavy (non-hydrogen) atoms. The Kier molecular flexibility index (Phi) is 5.05. The highest BCUT2D eigenvalue weighted by Crippen LogP contribution is 2.32. The number of carbonyl (C=O) groups is 2. The number of hydrogen-bond donors (Lipinski definition) is 0. The predicted molar refractivity (Wildman–Crippen MR) is 85.3 cm³/mol. The van der Waals surface area contributed by atoms with Crippen molar-refractivity contribution in [3.63, 3.8) is 0 Å². The second kappa shape index (κ2) is 6.82. The minimum absolute atomic E-state index is 0.0875. The first-order valence-corrected chi connectivity index (χ1v) is 7.75. The third-order valence-corrected chi connectivity index (χ3v) is 4.15.